The van der Waals surface area contributed by atoms with Crippen molar-refractivity contribution in [3.05, 3.63) is 53.7 Å². The zero-order valence-electron chi connectivity index (χ0n) is 14.9. The SMILES string of the molecule is COc1ccc2cc(CN(C)C(C)c3nc(C4CC4)no3)ccc2c1. The monoisotopic (exact) mass is 337 g/mol. The molecule has 5 nitrogen and oxygen atoms in total. The molecule has 1 fully saturated rings. The van der Waals surface area contributed by atoms with Crippen molar-refractivity contribution in [1.29, 1.82) is 0 Å². The van der Waals surface area contributed by atoms with Crippen LogP contribution in [0.5, 0.6) is 5.75 Å². The standard InChI is InChI=1S/C20H23N3O2/c1-13(20-21-19(22-25-20)15-6-7-15)23(2)12-14-4-5-17-11-18(24-3)9-8-16(17)10-14/h4-5,8-11,13,15H,6-7,12H2,1-3H3. The van der Waals surface area contributed by atoms with Crippen molar-refractivity contribution >= 4 is 10.8 Å². The third kappa shape index (κ3) is 3.37. The highest BCUT2D eigenvalue weighted by Gasteiger charge is 2.30. The minimum absolute atomic E-state index is 0.0894. The van der Waals surface area contributed by atoms with Crippen molar-refractivity contribution in [2.75, 3.05) is 14.2 Å². The predicted molar refractivity (Wildman–Crippen MR) is 96.7 cm³/mol. The Morgan fingerprint density at radius 3 is 2.72 bits per heavy atom. The molecule has 0 amide bonds. The molecule has 2 aromatic carbocycles. The van der Waals surface area contributed by atoms with Crippen molar-refractivity contribution < 1.29 is 9.26 Å². The molecule has 1 aliphatic carbocycles. The van der Waals surface area contributed by atoms with Gasteiger partial charge in [0.15, 0.2) is 5.82 Å². The van der Waals surface area contributed by atoms with E-state index >= 15 is 0 Å². The van der Waals surface area contributed by atoms with Crippen LogP contribution < -0.4 is 4.74 Å². The molecule has 0 spiro atoms. The van der Waals surface area contributed by atoms with Crippen LogP contribution in [-0.2, 0) is 6.54 Å². The van der Waals surface area contributed by atoms with Gasteiger partial charge in [-0.1, -0.05) is 23.4 Å². The van der Waals surface area contributed by atoms with Gasteiger partial charge in [0.05, 0.1) is 13.2 Å². The predicted octanol–water partition coefficient (Wildman–Crippen LogP) is 4.30. The average Bonchev–Trinajstić information content (AvgIpc) is 3.37. The molecule has 0 radical (unpaired) electrons. The van der Waals surface area contributed by atoms with E-state index in [1.807, 2.05) is 6.07 Å². The Morgan fingerprint density at radius 1 is 1.20 bits per heavy atom. The number of methoxy groups -OCH3 is 1. The molecule has 1 aliphatic rings. The van der Waals surface area contributed by atoms with Crippen LogP contribution in [0, 0.1) is 0 Å². The smallest absolute Gasteiger partial charge is 0.243 e. The van der Waals surface area contributed by atoms with Crippen LogP contribution in [0.4, 0.5) is 0 Å². The van der Waals surface area contributed by atoms with Crippen LogP contribution in [0.3, 0.4) is 0 Å². The van der Waals surface area contributed by atoms with Crippen molar-refractivity contribution in [3.8, 4) is 5.75 Å². The molecule has 130 valence electrons. The van der Waals surface area contributed by atoms with Gasteiger partial charge in [0.2, 0.25) is 5.89 Å². The molecule has 3 aromatic rings. The van der Waals surface area contributed by atoms with Crippen LogP contribution in [0.25, 0.3) is 10.8 Å². The van der Waals surface area contributed by atoms with Crippen LogP contribution >= 0.6 is 0 Å². The van der Waals surface area contributed by atoms with E-state index in [1.54, 1.807) is 7.11 Å². The lowest BCUT2D eigenvalue weighted by atomic mass is 10.1. The molecule has 4 rings (SSSR count). The number of hydrogen-bond acceptors (Lipinski definition) is 5. The van der Waals surface area contributed by atoms with Crippen molar-refractivity contribution in [2.45, 2.75) is 38.3 Å². The van der Waals surface area contributed by atoms with Crippen molar-refractivity contribution in [2.24, 2.45) is 0 Å². The molecule has 0 N–H and O–H groups in total. The molecular formula is C20H23N3O2. The van der Waals surface area contributed by atoms with Crippen LogP contribution in [0.15, 0.2) is 40.9 Å². The second kappa shape index (κ2) is 6.48. The third-order valence-electron chi connectivity index (χ3n) is 4.96. The van der Waals surface area contributed by atoms with Gasteiger partial charge in [0, 0.05) is 12.5 Å². The number of fused-ring (bicyclic) bond motifs is 1. The van der Waals surface area contributed by atoms with Gasteiger partial charge < -0.3 is 9.26 Å². The first-order valence-corrected chi connectivity index (χ1v) is 8.74. The van der Waals surface area contributed by atoms with E-state index in [9.17, 15) is 0 Å². The summed E-state index contributed by atoms with van der Waals surface area (Å²) >= 11 is 0. The summed E-state index contributed by atoms with van der Waals surface area (Å²) in [5, 5.41) is 6.52. The number of nitrogens with zero attached hydrogens (tertiary/aromatic N) is 3. The largest absolute Gasteiger partial charge is 0.497 e. The quantitative estimate of drug-likeness (QED) is 0.671. The maximum atomic E-state index is 5.47. The summed E-state index contributed by atoms with van der Waals surface area (Å²) in [6.45, 7) is 2.93. The number of rotatable bonds is 6. The van der Waals surface area contributed by atoms with Gasteiger partial charge in [-0.2, -0.15) is 4.98 Å². The van der Waals surface area contributed by atoms with Crippen LogP contribution in [0.2, 0.25) is 0 Å². The molecule has 1 atom stereocenters. The highest BCUT2D eigenvalue weighted by molar-refractivity contribution is 5.84. The molecular weight excluding hydrogens is 314 g/mol. The van der Waals surface area contributed by atoms with Gasteiger partial charge in [-0.25, -0.2) is 0 Å². The molecule has 1 aromatic heterocycles. The summed E-state index contributed by atoms with van der Waals surface area (Å²) in [5.74, 6) is 2.98. The Hall–Kier alpha value is -2.40. The van der Waals surface area contributed by atoms with Gasteiger partial charge in [0.25, 0.3) is 0 Å². The van der Waals surface area contributed by atoms with Crippen molar-refractivity contribution in [1.82, 2.24) is 15.0 Å². The lowest BCUT2D eigenvalue weighted by Crippen LogP contribution is -2.22. The van der Waals surface area contributed by atoms with Gasteiger partial charge in [0.1, 0.15) is 5.75 Å². The number of ether oxygens (including phenoxy) is 1. The Morgan fingerprint density at radius 2 is 1.96 bits per heavy atom. The topological polar surface area (TPSA) is 51.4 Å². The molecule has 1 heterocycles. The van der Waals surface area contributed by atoms with E-state index in [2.05, 4.69) is 59.3 Å². The fourth-order valence-electron chi connectivity index (χ4n) is 3.04. The van der Waals surface area contributed by atoms with Gasteiger partial charge >= 0.3 is 0 Å². The van der Waals surface area contributed by atoms with E-state index < -0.39 is 0 Å². The van der Waals surface area contributed by atoms with Gasteiger partial charge in [-0.3, -0.25) is 4.90 Å². The lowest BCUT2D eigenvalue weighted by Gasteiger charge is -2.21. The van der Waals surface area contributed by atoms with Crippen molar-refractivity contribution in [3.63, 3.8) is 0 Å². The summed E-state index contributed by atoms with van der Waals surface area (Å²) < 4.78 is 10.8. The molecule has 0 aliphatic heterocycles. The van der Waals surface area contributed by atoms with Crippen LogP contribution in [-0.4, -0.2) is 29.2 Å². The Labute approximate surface area is 147 Å². The Kier molecular flexibility index (Phi) is 4.17. The number of aromatic nitrogens is 2. The first kappa shape index (κ1) is 16.1. The summed E-state index contributed by atoms with van der Waals surface area (Å²) in [6, 6.07) is 12.8. The third-order valence-corrected chi connectivity index (χ3v) is 4.96. The summed E-state index contributed by atoms with van der Waals surface area (Å²) in [7, 11) is 3.78. The van der Waals surface area contributed by atoms with Gasteiger partial charge in [-0.15, -0.1) is 0 Å². The van der Waals surface area contributed by atoms with Crippen LogP contribution in [0.1, 0.15) is 49.0 Å². The van der Waals surface area contributed by atoms with Gasteiger partial charge in [-0.05, 0) is 61.3 Å². The fraction of sp³-hybridized carbons (Fsp3) is 0.400. The second-order valence-corrected chi connectivity index (χ2v) is 6.90. The molecule has 0 saturated heterocycles. The number of hydrogen-bond donors (Lipinski definition) is 0. The Bertz CT molecular complexity index is 886. The first-order valence-electron chi connectivity index (χ1n) is 8.74. The molecule has 1 saturated carbocycles. The van der Waals surface area contributed by atoms with E-state index in [1.165, 1.54) is 29.2 Å². The Balaban J connectivity index is 1.48. The summed E-state index contributed by atoms with van der Waals surface area (Å²) in [5.41, 5.74) is 1.26. The molecule has 5 heteroatoms. The fourth-order valence-corrected chi connectivity index (χ4v) is 3.04. The highest BCUT2D eigenvalue weighted by Crippen LogP contribution is 2.38. The second-order valence-electron chi connectivity index (χ2n) is 6.90. The zero-order valence-corrected chi connectivity index (χ0v) is 14.9. The molecule has 25 heavy (non-hydrogen) atoms. The normalized spacial score (nSPS) is 15.7. The van der Waals surface area contributed by atoms with E-state index in [4.69, 9.17) is 9.26 Å². The first-order chi connectivity index (χ1) is 12.1. The molecule has 1 unspecified atom stereocenters. The van der Waals surface area contributed by atoms with E-state index in [0.717, 1.165) is 18.1 Å². The van der Waals surface area contributed by atoms with E-state index in [0.29, 0.717) is 11.8 Å². The average molecular weight is 337 g/mol. The maximum absolute atomic E-state index is 5.47. The molecule has 0 bridgehead atoms. The minimum Gasteiger partial charge on any atom is -0.497 e. The zero-order chi connectivity index (χ0) is 17.4. The summed E-state index contributed by atoms with van der Waals surface area (Å²) in [4.78, 5) is 6.80. The lowest BCUT2D eigenvalue weighted by molar-refractivity contribution is 0.202. The minimum atomic E-state index is 0.0894. The number of benzene rings is 2. The summed E-state index contributed by atoms with van der Waals surface area (Å²) in [6.07, 6.45) is 2.37. The highest BCUT2D eigenvalue weighted by atomic mass is 16.5. The van der Waals surface area contributed by atoms with E-state index in [-0.39, 0.29) is 6.04 Å². The maximum Gasteiger partial charge on any atom is 0.243 e.